The van der Waals surface area contributed by atoms with Gasteiger partial charge in [0.1, 0.15) is 11.7 Å². The van der Waals surface area contributed by atoms with Crippen LogP contribution in [-0.2, 0) is 11.2 Å². The van der Waals surface area contributed by atoms with E-state index in [4.69, 9.17) is 0 Å². The quantitative estimate of drug-likeness (QED) is 0.860. The Labute approximate surface area is 122 Å². The predicted molar refractivity (Wildman–Crippen MR) is 81.3 cm³/mol. The van der Waals surface area contributed by atoms with Crippen LogP contribution in [0.4, 0.5) is 10.1 Å². The molecule has 1 atom stereocenters. The Morgan fingerprint density at radius 3 is 2.90 bits per heavy atom. The molecule has 0 fully saturated rings. The van der Waals surface area contributed by atoms with Crippen LogP contribution in [0.3, 0.4) is 0 Å². The van der Waals surface area contributed by atoms with Gasteiger partial charge in [-0.05, 0) is 35.7 Å². The van der Waals surface area contributed by atoms with E-state index < -0.39 is 0 Å². The fourth-order valence-electron chi connectivity index (χ4n) is 2.45. The van der Waals surface area contributed by atoms with Crippen LogP contribution in [0.2, 0.25) is 0 Å². The van der Waals surface area contributed by atoms with E-state index in [2.05, 4.69) is 10.3 Å². The number of carbonyl (C=O) groups excluding carboxylic acids is 1. The molecule has 0 saturated carbocycles. The monoisotopic (exact) mass is 282 g/mol. The smallest absolute Gasteiger partial charge is 0.237 e. The number of anilines is 1. The van der Waals surface area contributed by atoms with Gasteiger partial charge in [0.25, 0.3) is 0 Å². The Morgan fingerprint density at radius 1 is 1.19 bits per heavy atom. The summed E-state index contributed by atoms with van der Waals surface area (Å²) in [4.78, 5) is 16.2. The molecule has 3 rings (SSSR count). The predicted octanol–water partition coefficient (Wildman–Crippen LogP) is 3.17. The number of halogens is 1. The fraction of sp³-hybridized carbons (Fsp3) is 0.176. The van der Waals surface area contributed by atoms with Crippen molar-refractivity contribution in [3.05, 3.63) is 65.5 Å². The number of nitrogens with one attached hydrogen (secondary N) is 1. The molecule has 0 spiro atoms. The van der Waals surface area contributed by atoms with E-state index in [9.17, 15) is 9.18 Å². The molecule has 1 heterocycles. The van der Waals surface area contributed by atoms with Crippen molar-refractivity contribution in [1.29, 1.82) is 0 Å². The van der Waals surface area contributed by atoms with E-state index in [-0.39, 0.29) is 17.6 Å². The van der Waals surface area contributed by atoms with Crippen LogP contribution in [-0.4, -0.2) is 18.7 Å². The standard InChI is InChI=1S/C17H15FN2O/c18-13-5-3-4-12(10-13)8-9-19-11-15-14-6-1-2-7-16(14)20-17(15)21/h1-7,10-11,15H,8-9H2,(H,20,21)/t15-/m1/s1. The number of hydrogen-bond acceptors (Lipinski definition) is 2. The van der Waals surface area contributed by atoms with Gasteiger partial charge in [0.2, 0.25) is 5.91 Å². The molecule has 0 radical (unpaired) electrons. The molecular formula is C17H15FN2O. The number of rotatable bonds is 4. The Kier molecular flexibility index (Phi) is 3.77. The molecule has 2 aromatic rings. The highest BCUT2D eigenvalue weighted by atomic mass is 19.1. The van der Waals surface area contributed by atoms with Crippen molar-refractivity contribution in [1.82, 2.24) is 0 Å². The van der Waals surface area contributed by atoms with E-state index >= 15 is 0 Å². The minimum absolute atomic E-state index is 0.0503. The van der Waals surface area contributed by atoms with Gasteiger partial charge in [-0.25, -0.2) is 4.39 Å². The summed E-state index contributed by atoms with van der Waals surface area (Å²) < 4.78 is 13.0. The molecule has 1 amide bonds. The summed E-state index contributed by atoms with van der Waals surface area (Å²) >= 11 is 0. The largest absolute Gasteiger partial charge is 0.325 e. The third-order valence-electron chi connectivity index (χ3n) is 3.51. The van der Waals surface area contributed by atoms with Gasteiger partial charge in [0, 0.05) is 18.4 Å². The lowest BCUT2D eigenvalue weighted by Crippen LogP contribution is -2.13. The van der Waals surface area contributed by atoms with Gasteiger partial charge in [0.15, 0.2) is 0 Å². The van der Waals surface area contributed by atoms with Gasteiger partial charge in [-0.2, -0.15) is 0 Å². The molecule has 4 heteroatoms. The topological polar surface area (TPSA) is 41.5 Å². The molecular weight excluding hydrogens is 267 g/mol. The Bertz CT molecular complexity index is 697. The highest BCUT2D eigenvalue weighted by Gasteiger charge is 2.28. The molecule has 0 saturated heterocycles. The second kappa shape index (κ2) is 5.87. The molecule has 1 aliphatic heterocycles. The number of fused-ring (bicyclic) bond motifs is 1. The van der Waals surface area contributed by atoms with E-state index in [1.54, 1.807) is 12.3 Å². The van der Waals surface area contributed by atoms with Crippen molar-refractivity contribution in [2.45, 2.75) is 12.3 Å². The zero-order chi connectivity index (χ0) is 14.7. The molecule has 0 unspecified atom stereocenters. The van der Waals surface area contributed by atoms with Gasteiger partial charge in [-0.15, -0.1) is 0 Å². The minimum atomic E-state index is -0.325. The maximum absolute atomic E-state index is 13.0. The first kappa shape index (κ1) is 13.5. The molecule has 0 aliphatic carbocycles. The van der Waals surface area contributed by atoms with Crippen LogP contribution in [0.25, 0.3) is 0 Å². The Hall–Kier alpha value is -2.49. The highest BCUT2D eigenvalue weighted by molar-refractivity contribution is 6.12. The van der Waals surface area contributed by atoms with E-state index in [1.165, 1.54) is 12.1 Å². The molecule has 21 heavy (non-hydrogen) atoms. The van der Waals surface area contributed by atoms with Gasteiger partial charge in [-0.1, -0.05) is 30.3 Å². The van der Waals surface area contributed by atoms with Gasteiger partial charge < -0.3 is 5.32 Å². The molecule has 106 valence electrons. The third-order valence-corrected chi connectivity index (χ3v) is 3.51. The summed E-state index contributed by atoms with van der Waals surface area (Å²) in [6.45, 7) is 0.537. The highest BCUT2D eigenvalue weighted by Crippen LogP contribution is 2.30. The number of para-hydroxylation sites is 1. The summed E-state index contributed by atoms with van der Waals surface area (Å²) in [5.74, 6) is -0.611. The average Bonchev–Trinajstić information content (AvgIpc) is 2.79. The van der Waals surface area contributed by atoms with Crippen LogP contribution < -0.4 is 5.32 Å². The fourth-order valence-corrected chi connectivity index (χ4v) is 2.45. The lowest BCUT2D eigenvalue weighted by molar-refractivity contribution is -0.115. The zero-order valence-corrected chi connectivity index (χ0v) is 11.4. The third kappa shape index (κ3) is 2.99. The number of carbonyl (C=O) groups is 1. The Balaban J connectivity index is 1.63. The average molecular weight is 282 g/mol. The van der Waals surface area contributed by atoms with Crippen LogP contribution >= 0.6 is 0 Å². The van der Waals surface area contributed by atoms with Crippen molar-refractivity contribution in [2.24, 2.45) is 4.99 Å². The normalized spacial score (nSPS) is 17.0. The van der Waals surface area contributed by atoms with Gasteiger partial charge in [0.05, 0.1) is 0 Å². The molecule has 1 aliphatic rings. The van der Waals surface area contributed by atoms with Crippen LogP contribution in [0.1, 0.15) is 17.0 Å². The zero-order valence-electron chi connectivity index (χ0n) is 11.4. The minimum Gasteiger partial charge on any atom is -0.325 e. The van der Waals surface area contributed by atoms with Crippen LogP contribution in [0.15, 0.2) is 53.5 Å². The van der Waals surface area contributed by atoms with Crippen molar-refractivity contribution in [3.63, 3.8) is 0 Å². The lowest BCUT2D eigenvalue weighted by Gasteiger charge is -2.02. The number of nitrogens with zero attached hydrogens (tertiary/aromatic N) is 1. The first-order chi connectivity index (χ1) is 10.2. The number of aliphatic imine (C=N–C) groups is 1. The first-order valence-corrected chi connectivity index (χ1v) is 6.88. The number of amides is 1. The molecule has 1 N–H and O–H groups in total. The molecule has 0 bridgehead atoms. The Morgan fingerprint density at radius 2 is 2.05 bits per heavy atom. The summed E-state index contributed by atoms with van der Waals surface area (Å²) in [5, 5.41) is 2.83. The lowest BCUT2D eigenvalue weighted by atomic mass is 10.0. The molecule has 2 aromatic carbocycles. The van der Waals surface area contributed by atoms with Gasteiger partial charge in [-0.3, -0.25) is 9.79 Å². The number of hydrogen-bond donors (Lipinski definition) is 1. The summed E-state index contributed by atoms with van der Waals surface area (Å²) in [5.41, 5.74) is 2.71. The maximum Gasteiger partial charge on any atom is 0.237 e. The molecule has 3 nitrogen and oxygen atoms in total. The number of benzene rings is 2. The summed E-state index contributed by atoms with van der Waals surface area (Å²) in [6, 6.07) is 14.1. The van der Waals surface area contributed by atoms with E-state index in [0.29, 0.717) is 13.0 Å². The van der Waals surface area contributed by atoms with Gasteiger partial charge >= 0.3 is 0 Å². The first-order valence-electron chi connectivity index (χ1n) is 6.88. The maximum atomic E-state index is 13.0. The summed E-state index contributed by atoms with van der Waals surface area (Å²) in [7, 11) is 0. The van der Waals surface area contributed by atoms with Crippen molar-refractivity contribution in [2.75, 3.05) is 11.9 Å². The van der Waals surface area contributed by atoms with Crippen molar-refractivity contribution in [3.8, 4) is 0 Å². The van der Waals surface area contributed by atoms with Crippen LogP contribution in [0, 0.1) is 5.82 Å². The second-order valence-electron chi connectivity index (χ2n) is 4.99. The van der Waals surface area contributed by atoms with Crippen molar-refractivity contribution >= 4 is 17.8 Å². The SMILES string of the molecule is O=C1Nc2ccccc2[C@H]1C=NCCc1cccc(F)c1. The second-order valence-corrected chi connectivity index (χ2v) is 4.99. The van der Waals surface area contributed by atoms with E-state index in [1.807, 2.05) is 30.3 Å². The van der Waals surface area contributed by atoms with E-state index in [0.717, 1.165) is 16.8 Å². The summed E-state index contributed by atoms with van der Waals surface area (Å²) in [6.07, 6.45) is 2.34. The van der Waals surface area contributed by atoms with Crippen LogP contribution in [0.5, 0.6) is 0 Å². The molecule has 0 aromatic heterocycles. The van der Waals surface area contributed by atoms with Crippen molar-refractivity contribution < 1.29 is 9.18 Å².